The Hall–Kier alpha value is -1.53. The van der Waals surface area contributed by atoms with Gasteiger partial charge < -0.3 is 15.4 Å². The molecule has 0 radical (unpaired) electrons. The topological polar surface area (TPSA) is 67.4 Å². The summed E-state index contributed by atoms with van der Waals surface area (Å²) in [6.07, 6.45) is 1.80. The molecule has 0 aliphatic carbocycles. The number of carbonyl (C=O) groups is 2. The fourth-order valence-corrected chi connectivity index (χ4v) is 2.90. The van der Waals surface area contributed by atoms with Crippen LogP contribution < -0.4 is 10.6 Å². The normalized spacial score (nSPS) is 10.6. The average molecular weight is 338 g/mol. The van der Waals surface area contributed by atoms with Crippen molar-refractivity contribution in [1.82, 2.24) is 10.6 Å². The van der Waals surface area contributed by atoms with Gasteiger partial charge in [0.15, 0.2) is 0 Å². The second-order valence-corrected chi connectivity index (χ2v) is 6.13. The first-order valence-electron chi connectivity index (χ1n) is 7.90. The fraction of sp³-hybridized carbons (Fsp3) is 0.529. The molecule has 0 aromatic heterocycles. The number of hydrogen-bond acceptors (Lipinski definition) is 4. The molecule has 0 aliphatic rings. The molecule has 0 saturated heterocycles. The third-order valence-corrected chi connectivity index (χ3v) is 4.51. The molecule has 2 N–H and O–H groups in total. The SMILES string of the molecule is CCC(CC)NC(=O)c1ccccc1SCC(=O)NCCOC. The summed E-state index contributed by atoms with van der Waals surface area (Å²) in [7, 11) is 1.59. The lowest BCUT2D eigenvalue weighted by atomic mass is 10.1. The molecule has 0 aliphatic heterocycles. The van der Waals surface area contributed by atoms with Crippen molar-refractivity contribution in [2.75, 3.05) is 26.0 Å². The third-order valence-electron chi connectivity index (χ3n) is 3.44. The van der Waals surface area contributed by atoms with Crippen LogP contribution in [-0.4, -0.2) is 43.9 Å². The summed E-state index contributed by atoms with van der Waals surface area (Å²) in [5.74, 6) is 0.128. The van der Waals surface area contributed by atoms with Crippen LogP contribution in [0.2, 0.25) is 0 Å². The molecular formula is C17H26N2O3S. The summed E-state index contributed by atoms with van der Waals surface area (Å²) in [6, 6.07) is 7.55. The van der Waals surface area contributed by atoms with Crippen LogP contribution in [0.5, 0.6) is 0 Å². The molecule has 0 atom stereocenters. The van der Waals surface area contributed by atoms with Gasteiger partial charge in [-0.2, -0.15) is 0 Å². The first kappa shape index (κ1) is 19.5. The van der Waals surface area contributed by atoms with Gasteiger partial charge >= 0.3 is 0 Å². The number of rotatable bonds is 10. The van der Waals surface area contributed by atoms with E-state index in [1.807, 2.05) is 18.2 Å². The number of nitrogens with one attached hydrogen (secondary N) is 2. The summed E-state index contributed by atoms with van der Waals surface area (Å²) in [5, 5.41) is 5.80. The Morgan fingerprint density at radius 2 is 1.91 bits per heavy atom. The molecule has 0 heterocycles. The van der Waals surface area contributed by atoms with Crippen LogP contribution in [0.4, 0.5) is 0 Å². The van der Waals surface area contributed by atoms with Crippen molar-refractivity contribution in [1.29, 1.82) is 0 Å². The highest BCUT2D eigenvalue weighted by Gasteiger charge is 2.15. The highest BCUT2D eigenvalue weighted by atomic mass is 32.2. The summed E-state index contributed by atoms with van der Waals surface area (Å²) in [4.78, 5) is 25.0. The molecule has 0 fully saturated rings. The molecule has 5 nitrogen and oxygen atoms in total. The van der Waals surface area contributed by atoms with Crippen LogP contribution >= 0.6 is 11.8 Å². The van der Waals surface area contributed by atoms with E-state index in [4.69, 9.17) is 4.74 Å². The second kappa shape index (κ2) is 11.1. The first-order chi connectivity index (χ1) is 11.1. The summed E-state index contributed by atoms with van der Waals surface area (Å²) < 4.78 is 4.89. The quantitative estimate of drug-likeness (QED) is 0.508. The van der Waals surface area contributed by atoms with E-state index in [-0.39, 0.29) is 23.6 Å². The third kappa shape index (κ3) is 7.05. The van der Waals surface area contributed by atoms with E-state index in [9.17, 15) is 9.59 Å². The van der Waals surface area contributed by atoms with Crippen molar-refractivity contribution < 1.29 is 14.3 Å². The van der Waals surface area contributed by atoms with E-state index < -0.39 is 0 Å². The molecule has 0 bridgehead atoms. The number of hydrogen-bond donors (Lipinski definition) is 2. The highest BCUT2D eigenvalue weighted by molar-refractivity contribution is 8.00. The molecule has 23 heavy (non-hydrogen) atoms. The van der Waals surface area contributed by atoms with Crippen LogP contribution in [0, 0.1) is 0 Å². The van der Waals surface area contributed by atoms with Crippen molar-refractivity contribution >= 4 is 23.6 Å². The number of ether oxygens (including phenoxy) is 1. The lowest BCUT2D eigenvalue weighted by Gasteiger charge is -2.16. The maximum atomic E-state index is 12.4. The number of amides is 2. The van der Waals surface area contributed by atoms with E-state index in [1.54, 1.807) is 13.2 Å². The Balaban J connectivity index is 2.63. The number of benzene rings is 1. The molecule has 0 spiro atoms. The van der Waals surface area contributed by atoms with Crippen LogP contribution in [0.1, 0.15) is 37.0 Å². The fourth-order valence-electron chi connectivity index (χ4n) is 2.02. The molecule has 1 rings (SSSR count). The Morgan fingerprint density at radius 1 is 1.22 bits per heavy atom. The lowest BCUT2D eigenvalue weighted by Crippen LogP contribution is -2.34. The van der Waals surface area contributed by atoms with E-state index >= 15 is 0 Å². The first-order valence-corrected chi connectivity index (χ1v) is 8.89. The van der Waals surface area contributed by atoms with E-state index in [0.717, 1.165) is 17.7 Å². The van der Waals surface area contributed by atoms with Gasteiger partial charge in [0.05, 0.1) is 17.9 Å². The minimum atomic E-state index is -0.0819. The predicted octanol–water partition coefficient (Wildman–Crippen LogP) is 2.46. The van der Waals surface area contributed by atoms with E-state index in [1.165, 1.54) is 11.8 Å². The summed E-state index contributed by atoms with van der Waals surface area (Å²) in [6.45, 7) is 5.09. The van der Waals surface area contributed by atoms with Crippen LogP contribution in [0.3, 0.4) is 0 Å². The summed E-state index contributed by atoms with van der Waals surface area (Å²) >= 11 is 1.37. The Kier molecular flexibility index (Phi) is 9.40. The Morgan fingerprint density at radius 3 is 2.57 bits per heavy atom. The van der Waals surface area contributed by atoms with Crippen molar-refractivity contribution in [3.8, 4) is 0 Å². The van der Waals surface area contributed by atoms with Crippen LogP contribution in [-0.2, 0) is 9.53 Å². The second-order valence-electron chi connectivity index (χ2n) is 5.11. The van der Waals surface area contributed by atoms with E-state index in [0.29, 0.717) is 18.7 Å². The Bertz CT molecular complexity index is 504. The molecule has 1 aromatic rings. The average Bonchev–Trinajstić information content (AvgIpc) is 2.58. The maximum Gasteiger partial charge on any atom is 0.252 e. The van der Waals surface area contributed by atoms with Crippen molar-refractivity contribution in [3.05, 3.63) is 29.8 Å². The molecule has 128 valence electrons. The van der Waals surface area contributed by atoms with E-state index in [2.05, 4.69) is 24.5 Å². The smallest absolute Gasteiger partial charge is 0.252 e. The van der Waals surface area contributed by atoms with Gasteiger partial charge in [0.1, 0.15) is 0 Å². The minimum absolute atomic E-state index is 0.0674. The number of carbonyl (C=O) groups excluding carboxylic acids is 2. The molecular weight excluding hydrogens is 312 g/mol. The van der Waals surface area contributed by atoms with Gasteiger partial charge in [0.2, 0.25) is 5.91 Å². The van der Waals surface area contributed by atoms with Gasteiger partial charge in [-0.3, -0.25) is 9.59 Å². The standard InChI is InChI=1S/C17H26N2O3S/c1-4-13(5-2)19-17(21)14-8-6-7-9-15(14)23-12-16(20)18-10-11-22-3/h6-9,13H,4-5,10-12H2,1-3H3,(H,18,20)(H,19,21). The summed E-state index contributed by atoms with van der Waals surface area (Å²) in [5.41, 5.74) is 0.620. The molecule has 0 saturated carbocycles. The van der Waals surface area contributed by atoms with Gasteiger partial charge in [0, 0.05) is 24.6 Å². The molecule has 6 heteroatoms. The number of methoxy groups -OCH3 is 1. The highest BCUT2D eigenvalue weighted by Crippen LogP contribution is 2.22. The molecule has 1 aromatic carbocycles. The van der Waals surface area contributed by atoms with Gasteiger partial charge in [0.25, 0.3) is 5.91 Å². The zero-order valence-corrected chi connectivity index (χ0v) is 14.9. The predicted molar refractivity (Wildman–Crippen MR) is 93.9 cm³/mol. The zero-order valence-electron chi connectivity index (χ0n) is 14.1. The van der Waals surface area contributed by atoms with Crippen molar-refractivity contribution in [3.63, 3.8) is 0 Å². The monoisotopic (exact) mass is 338 g/mol. The zero-order chi connectivity index (χ0) is 17.1. The number of thioether (sulfide) groups is 1. The molecule has 2 amide bonds. The minimum Gasteiger partial charge on any atom is -0.383 e. The van der Waals surface area contributed by atoms with Crippen LogP contribution in [0.15, 0.2) is 29.2 Å². The van der Waals surface area contributed by atoms with Gasteiger partial charge in [-0.05, 0) is 25.0 Å². The maximum absolute atomic E-state index is 12.4. The largest absolute Gasteiger partial charge is 0.383 e. The lowest BCUT2D eigenvalue weighted by molar-refractivity contribution is -0.118. The van der Waals surface area contributed by atoms with Gasteiger partial charge in [-0.15, -0.1) is 11.8 Å². The van der Waals surface area contributed by atoms with Gasteiger partial charge in [-0.25, -0.2) is 0 Å². The van der Waals surface area contributed by atoms with Gasteiger partial charge in [-0.1, -0.05) is 26.0 Å². The molecule has 0 unspecified atom stereocenters. The van der Waals surface area contributed by atoms with Crippen molar-refractivity contribution in [2.45, 2.75) is 37.6 Å². The van der Waals surface area contributed by atoms with Crippen LogP contribution in [0.25, 0.3) is 0 Å². The van der Waals surface area contributed by atoms with Crippen molar-refractivity contribution in [2.24, 2.45) is 0 Å². The Labute approximate surface area is 142 Å².